The summed E-state index contributed by atoms with van der Waals surface area (Å²) < 4.78 is 5.70. The number of rotatable bonds is 4. The zero-order valence-electron chi connectivity index (χ0n) is 9.37. The Morgan fingerprint density at radius 3 is 2.69 bits per heavy atom. The van der Waals surface area contributed by atoms with Gasteiger partial charge in [0.2, 0.25) is 0 Å². The molecule has 0 amide bonds. The molecule has 0 bridgehead atoms. The minimum Gasteiger partial charge on any atom is -0.493 e. The Morgan fingerprint density at radius 2 is 1.94 bits per heavy atom. The highest BCUT2D eigenvalue weighted by Crippen LogP contribution is 2.29. The van der Waals surface area contributed by atoms with E-state index in [0.717, 1.165) is 24.3 Å². The van der Waals surface area contributed by atoms with Gasteiger partial charge in [0.15, 0.2) is 0 Å². The first-order valence-corrected chi connectivity index (χ1v) is 6.09. The maximum atomic E-state index is 6.01. The Balaban J connectivity index is 2.50. The van der Waals surface area contributed by atoms with Gasteiger partial charge in [-0.25, -0.2) is 0 Å². The second-order valence-electron chi connectivity index (χ2n) is 3.75. The van der Waals surface area contributed by atoms with E-state index in [2.05, 4.69) is 25.1 Å². The molecule has 0 N–H and O–H groups in total. The van der Waals surface area contributed by atoms with Crippen LogP contribution in [0.4, 0.5) is 0 Å². The molecule has 0 aliphatic carbocycles. The van der Waals surface area contributed by atoms with E-state index in [1.54, 1.807) is 0 Å². The fraction of sp³-hybridized carbons (Fsp3) is 0.286. The number of hydrogen-bond donors (Lipinski definition) is 0. The Bertz CT molecular complexity index is 479. The summed E-state index contributed by atoms with van der Waals surface area (Å²) in [6.45, 7) is 2.84. The molecule has 2 heteroatoms. The van der Waals surface area contributed by atoms with Crippen LogP contribution in [0.3, 0.4) is 0 Å². The minimum atomic E-state index is 0.487. The fourth-order valence-electron chi connectivity index (χ4n) is 1.80. The van der Waals surface area contributed by atoms with Crippen LogP contribution < -0.4 is 4.74 Å². The second kappa shape index (κ2) is 5.22. The van der Waals surface area contributed by atoms with Crippen LogP contribution in [0, 0.1) is 0 Å². The SMILES string of the molecule is CCCOc1ccc2ccccc2c1CCl. The molecular formula is C14H15ClO. The molecule has 0 aliphatic heterocycles. The van der Waals surface area contributed by atoms with Gasteiger partial charge in [-0.05, 0) is 23.3 Å². The molecule has 0 unspecified atom stereocenters. The van der Waals surface area contributed by atoms with Crippen LogP contribution in [0.5, 0.6) is 5.75 Å². The summed E-state index contributed by atoms with van der Waals surface area (Å²) in [5.41, 5.74) is 1.09. The zero-order valence-corrected chi connectivity index (χ0v) is 10.1. The van der Waals surface area contributed by atoms with Crippen LogP contribution in [0.15, 0.2) is 36.4 Å². The minimum absolute atomic E-state index is 0.487. The summed E-state index contributed by atoms with van der Waals surface area (Å²) >= 11 is 6.01. The van der Waals surface area contributed by atoms with E-state index in [1.165, 1.54) is 10.8 Å². The summed E-state index contributed by atoms with van der Waals surface area (Å²) in [6.07, 6.45) is 1.01. The monoisotopic (exact) mass is 234 g/mol. The van der Waals surface area contributed by atoms with Crippen LogP contribution >= 0.6 is 11.6 Å². The van der Waals surface area contributed by atoms with Gasteiger partial charge in [-0.1, -0.05) is 37.3 Å². The van der Waals surface area contributed by atoms with Gasteiger partial charge >= 0.3 is 0 Å². The molecule has 2 rings (SSSR count). The van der Waals surface area contributed by atoms with Crippen molar-refractivity contribution in [1.82, 2.24) is 0 Å². The number of benzene rings is 2. The van der Waals surface area contributed by atoms with Crippen LogP contribution in [0.2, 0.25) is 0 Å². The normalized spacial score (nSPS) is 10.6. The van der Waals surface area contributed by atoms with E-state index in [0.29, 0.717) is 5.88 Å². The van der Waals surface area contributed by atoms with Crippen molar-refractivity contribution < 1.29 is 4.74 Å². The van der Waals surface area contributed by atoms with Crippen molar-refractivity contribution in [2.75, 3.05) is 6.61 Å². The number of alkyl halides is 1. The molecular weight excluding hydrogens is 220 g/mol. The van der Waals surface area contributed by atoms with Crippen LogP contribution in [0.1, 0.15) is 18.9 Å². The molecule has 0 saturated heterocycles. The average Bonchev–Trinajstić information content (AvgIpc) is 2.35. The molecule has 1 nitrogen and oxygen atoms in total. The summed E-state index contributed by atoms with van der Waals surface area (Å²) in [7, 11) is 0. The van der Waals surface area contributed by atoms with Gasteiger partial charge in [0, 0.05) is 5.56 Å². The molecule has 0 heterocycles. The second-order valence-corrected chi connectivity index (χ2v) is 4.01. The van der Waals surface area contributed by atoms with Gasteiger partial charge < -0.3 is 4.74 Å². The van der Waals surface area contributed by atoms with Crippen LogP contribution in [-0.2, 0) is 5.88 Å². The highest BCUT2D eigenvalue weighted by Gasteiger charge is 2.06. The topological polar surface area (TPSA) is 9.23 Å². The number of hydrogen-bond acceptors (Lipinski definition) is 1. The first-order chi connectivity index (χ1) is 7.86. The van der Waals surface area contributed by atoms with Gasteiger partial charge in [0.25, 0.3) is 0 Å². The van der Waals surface area contributed by atoms with Gasteiger partial charge in [-0.2, -0.15) is 0 Å². The molecule has 2 aromatic rings. The molecule has 0 aliphatic rings. The molecule has 0 saturated carbocycles. The molecule has 0 radical (unpaired) electrons. The lowest BCUT2D eigenvalue weighted by molar-refractivity contribution is 0.315. The van der Waals surface area contributed by atoms with Crippen molar-refractivity contribution in [1.29, 1.82) is 0 Å². The van der Waals surface area contributed by atoms with E-state index >= 15 is 0 Å². The highest BCUT2D eigenvalue weighted by atomic mass is 35.5. The summed E-state index contributed by atoms with van der Waals surface area (Å²) in [4.78, 5) is 0. The third-order valence-corrected chi connectivity index (χ3v) is 2.86. The lowest BCUT2D eigenvalue weighted by atomic mass is 10.0. The van der Waals surface area contributed by atoms with Crippen molar-refractivity contribution in [3.63, 3.8) is 0 Å². The maximum absolute atomic E-state index is 6.01. The van der Waals surface area contributed by atoms with E-state index in [9.17, 15) is 0 Å². The van der Waals surface area contributed by atoms with Crippen molar-refractivity contribution in [2.24, 2.45) is 0 Å². The largest absolute Gasteiger partial charge is 0.493 e. The van der Waals surface area contributed by atoms with E-state index in [-0.39, 0.29) is 0 Å². The maximum Gasteiger partial charge on any atom is 0.124 e. The van der Waals surface area contributed by atoms with Crippen molar-refractivity contribution in [3.8, 4) is 5.75 Å². The van der Waals surface area contributed by atoms with Gasteiger partial charge in [0.1, 0.15) is 5.75 Å². The van der Waals surface area contributed by atoms with E-state index in [1.807, 2.05) is 18.2 Å². The van der Waals surface area contributed by atoms with Gasteiger partial charge in [0.05, 0.1) is 12.5 Å². The van der Waals surface area contributed by atoms with Gasteiger partial charge in [-0.15, -0.1) is 11.6 Å². The molecule has 16 heavy (non-hydrogen) atoms. The van der Waals surface area contributed by atoms with E-state index in [4.69, 9.17) is 16.3 Å². The molecule has 0 fully saturated rings. The third kappa shape index (κ3) is 2.14. The summed E-state index contributed by atoms with van der Waals surface area (Å²) in [5, 5.41) is 2.40. The lowest BCUT2D eigenvalue weighted by Gasteiger charge is -2.11. The van der Waals surface area contributed by atoms with E-state index < -0.39 is 0 Å². The molecule has 2 aromatic carbocycles. The quantitative estimate of drug-likeness (QED) is 0.714. The summed E-state index contributed by atoms with van der Waals surface area (Å²) in [5.74, 6) is 1.40. The Kier molecular flexibility index (Phi) is 3.68. The number of ether oxygens (including phenoxy) is 1. The lowest BCUT2D eigenvalue weighted by Crippen LogP contribution is -1.98. The van der Waals surface area contributed by atoms with Crippen molar-refractivity contribution in [3.05, 3.63) is 42.0 Å². The first kappa shape index (κ1) is 11.3. The molecule has 0 spiro atoms. The molecule has 84 valence electrons. The fourth-order valence-corrected chi connectivity index (χ4v) is 2.08. The predicted octanol–water partition coefficient (Wildman–Crippen LogP) is 4.37. The third-order valence-electron chi connectivity index (χ3n) is 2.59. The van der Waals surface area contributed by atoms with Crippen molar-refractivity contribution >= 4 is 22.4 Å². The Hall–Kier alpha value is -1.21. The highest BCUT2D eigenvalue weighted by molar-refractivity contribution is 6.18. The van der Waals surface area contributed by atoms with Crippen LogP contribution in [0.25, 0.3) is 10.8 Å². The smallest absolute Gasteiger partial charge is 0.124 e. The van der Waals surface area contributed by atoms with Gasteiger partial charge in [-0.3, -0.25) is 0 Å². The van der Waals surface area contributed by atoms with Crippen molar-refractivity contribution in [2.45, 2.75) is 19.2 Å². The standard InChI is InChI=1S/C14H15ClO/c1-2-9-16-14-8-7-11-5-3-4-6-12(11)13(14)10-15/h3-8H,2,9-10H2,1H3. The average molecular weight is 235 g/mol. The van der Waals surface area contributed by atoms with Crippen LogP contribution in [-0.4, -0.2) is 6.61 Å². The Labute approximate surface area is 101 Å². The molecule has 0 atom stereocenters. The number of halogens is 1. The zero-order chi connectivity index (χ0) is 11.4. The first-order valence-electron chi connectivity index (χ1n) is 5.56. The molecule has 0 aromatic heterocycles. The predicted molar refractivity (Wildman–Crippen MR) is 69.3 cm³/mol. The number of fused-ring (bicyclic) bond motifs is 1. The Morgan fingerprint density at radius 1 is 1.12 bits per heavy atom. The summed E-state index contributed by atoms with van der Waals surface area (Å²) in [6, 6.07) is 12.3.